The van der Waals surface area contributed by atoms with Crippen molar-refractivity contribution in [2.45, 2.75) is 6.92 Å². The average Bonchev–Trinajstić information content (AvgIpc) is 2.89. The molecule has 1 aromatic heterocycles. The Hall–Kier alpha value is -1.87. The molecule has 0 aliphatic heterocycles. The van der Waals surface area contributed by atoms with Crippen LogP contribution in [0.15, 0.2) is 47.8 Å². The van der Waals surface area contributed by atoms with Crippen LogP contribution >= 0.6 is 11.3 Å². The van der Waals surface area contributed by atoms with Gasteiger partial charge in [0, 0.05) is 15.8 Å². The van der Waals surface area contributed by atoms with Crippen molar-refractivity contribution in [2.75, 3.05) is 6.61 Å². The summed E-state index contributed by atoms with van der Waals surface area (Å²) in [5.41, 5.74) is 1.84. The summed E-state index contributed by atoms with van der Waals surface area (Å²) in [6.45, 7) is 2.50. The van der Waals surface area contributed by atoms with Gasteiger partial charge in [0.15, 0.2) is 0 Å². The first-order chi connectivity index (χ1) is 9.29. The third kappa shape index (κ3) is 2.22. The number of hydrogen-bond acceptors (Lipinski definition) is 2. The van der Waals surface area contributed by atoms with E-state index in [0.717, 1.165) is 21.6 Å². The van der Waals surface area contributed by atoms with Crippen LogP contribution in [-0.4, -0.2) is 6.61 Å². The van der Waals surface area contributed by atoms with Crippen molar-refractivity contribution in [2.24, 2.45) is 0 Å². The van der Waals surface area contributed by atoms with Crippen LogP contribution in [0.1, 0.15) is 6.92 Å². The molecule has 0 atom stereocenters. The second kappa shape index (κ2) is 5.02. The van der Waals surface area contributed by atoms with E-state index in [1.54, 1.807) is 23.5 Å². The molecule has 0 saturated heterocycles. The first-order valence-corrected chi connectivity index (χ1v) is 7.06. The lowest BCUT2D eigenvalue weighted by molar-refractivity contribution is 0.341. The third-order valence-corrected chi connectivity index (χ3v) is 3.97. The number of halogens is 1. The first-order valence-electron chi connectivity index (χ1n) is 6.18. The zero-order chi connectivity index (χ0) is 13.2. The van der Waals surface area contributed by atoms with Gasteiger partial charge in [-0.25, -0.2) is 4.39 Å². The predicted octanol–water partition coefficient (Wildman–Crippen LogP) is 5.11. The van der Waals surface area contributed by atoms with Crippen molar-refractivity contribution < 1.29 is 9.13 Å². The summed E-state index contributed by atoms with van der Waals surface area (Å²) in [6.07, 6.45) is 0. The zero-order valence-electron chi connectivity index (χ0n) is 10.5. The minimum atomic E-state index is -0.244. The Bertz CT molecular complexity index is 718. The predicted molar refractivity (Wildman–Crippen MR) is 78.4 cm³/mol. The van der Waals surface area contributed by atoms with Crippen LogP contribution in [0.5, 0.6) is 5.75 Å². The highest BCUT2D eigenvalue weighted by Crippen LogP contribution is 2.37. The molecule has 0 unspecified atom stereocenters. The maximum atomic E-state index is 13.5. The Kier molecular flexibility index (Phi) is 3.22. The Labute approximate surface area is 115 Å². The van der Waals surface area contributed by atoms with Gasteiger partial charge in [-0.2, -0.15) is 0 Å². The van der Waals surface area contributed by atoms with Crippen molar-refractivity contribution in [1.82, 2.24) is 0 Å². The summed E-state index contributed by atoms with van der Waals surface area (Å²) in [5, 5.41) is 3.22. The van der Waals surface area contributed by atoms with E-state index in [0.29, 0.717) is 6.61 Å². The summed E-state index contributed by atoms with van der Waals surface area (Å²) in [6, 6.07) is 12.8. The van der Waals surface area contributed by atoms with E-state index < -0.39 is 0 Å². The number of hydrogen-bond donors (Lipinski definition) is 0. The van der Waals surface area contributed by atoms with Crippen LogP contribution in [0.2, 0.25) is 0 Å². The van der Waals surface area contributed by atoms with Gasteiger partial charge in [-0.3, -0.25) is 0 Å². The van der Waals surface area contributed by atoms with Gasteiger partial charge in [-0.1, -0.05) is 18.2 Å². The highest BCUT2D eigenvalue weighted by Gasteiger charge is 2.11. The summed E-state index contributed by atoms with van der Waals surface area (Å²) < 4.78 is 20.3. The second-order valence-electron chi connectivity index (χ2n) is 4.22. The van der Waals surface area contributed by atoms with Crippen LogP contribution in [0.25, 0.3) is 21.2 Å². The summed E-state index contributed by atoms with van der Waals surface area (Å²) in [7, 11) is 0. The molecular weight excluding hydrogens is 259 g/mol. The Morgan fingerprint density at radius 3 is 2.84 bits per heavy atom. The quantitative estimate of drug-likeness (QED) is 0.644. The van der Waals surface area contributed by atoms with Gasteiger partial charge in [0.05, 0.1) is 6.61 Å². The average molecular weight is 272 g/mol. The summed E-state index contributed by atoms with van der Waals surface area (Å²) >= 11 is 1.66. The molecule has 3 heteroatoms. The zero-order valence-corrected chi connectivity index (χ0v) is 11.3. The highest BCUT2D eigenvalue weighted by molar-refractivity contribution is 7.17. The molecule has 0 spiro atoms. The van der Waals surface area contributed by atoms with Gasteiger partial charge in [0.2, 0.25) is 0 Å². The maximum Gasteiger partial charge on any atom is 0.127 e. The van der Waals surface area contributed by atoms with E-state index in [4.69, 9.17) is 4.74 Å². The molecule has 0 amide bonds. The van der Waals surface area contributed by atoms with Crippen molar-refractivity contribution in [3.05, 3.63) is 53.7 Å². The molecule has 19 heavy (non-hydrogen) atoms. The van der Waals surface area contributed by atoms with Crippen molar-refractivity contribution in [3.63, 3.8) is 0 Å². The molecule has 3 rings (SSSR count). The van der Waals surface area contributed by atoms with E-state index >= 15 is 0 Å². The van der Waals surface area contributed by atoms with Crippen LogP contribution in [0.3, 0.4) is 0 Å². The topological polar surface area (TPSA) is 9.23 Å². The number of benzene rings is 2. The van der Waals surface area contributed by atoms with Gasteiger partial charge >= 0.3 is 0 Å². The van der Waals surface area contributed by atoms with Crippen molar-refractivity contribution in [3.8, 4) is 16.9 Å². The van der Waals surface area contributed by atoms with E-state index in [2.05, 4.69) is 12.1 Å². The molecule has 96 valence electrons. The SMILES string of the molecule is CCOc1ccc(F)cc1-c1cccc2ccsc12. The van der Waals surface area contributed by atoms with Crippen LogP contribution in [-0.2, 0) is 0 Å². The first kappa shape index (κ1) is 12.2. The van der Waals surface area contributed by atoms with Gasteiger partial charge in [0.25, 0.3) is 0 Å². The number of fused-ring (bicyclic) bond motifs is 1. The van der Waals surface area contributed by atoms with Gasteiger partial charge in [-0.15, -0.1) is 11.3 Å². The fraction of sp³-hybridized carbons (Fsp3) is 0.125. The molecule has 0 saturated carbocycles. The van der Waals surface area contributed by atoms with E-state index in [1.165, 1.54) is 11.5 Å². The number of rotatable bonds is 3. The smallest absolute Gasteiger partial charge is 0.127 e. The lowest BCUT2D eigenvalue weighted by Crippen LogP contribution is -1.94. The van der Waals surface area contributed by atoms with Crippen molar-refractivity contribution >= 4 is 21.4 Å². The largest absolute Gasteiger partial charge is 0.493 e. The van der Waals surface area contributed by atoms with Crippen LogP contribution in [0.4, 0.5) is 4.39 Å². The summed E-state index contributed by atoms with van der Waals surface area (Å²) in [5.74, 6) is 0.483. The third-order valence-electron chi connectivity index (χ3n) is 3.01. The molecule has 1 nitrogen and oxygen atoms in total. The molecule has 2 aromatic carbocycles. The lowest BCUT2D eigenvalue weighted by Gasteiger charge is -2.11. The van der Waals surface area contributed by atoms with Gasteiger partial charge < -0.3 is 4.74 Å². The summed E-state index contributed by atoms with van der Waals surface area (Å²) in [4.78, 5) is 0. The van der Waals surface area contributed by atoms with E-state index in [9.17, 15) is 4.39 Å². The van der Waals surface area contributed by atoms with Crippen LogP contribution < -0.4 is 4.74 Å². The lowest BCUT2D eigenvalue weighted by atomic mass is 10.0. The molecule has 0 radical (unpaired) electrons. The normalized spacial score (nSPS) is 10.8. The number of thiophene rings is 1. The minimum absolute atomic E-state index is 0.244. The Morgan fingerprint density at radius 2 is 2.00 bits per heavy atom. The fourth-order valence-electron chi connectivity index (χ4n) is 2.20. The second-order valence-corrected chi connectivity index (χ2v) is 5.13. The highest BCUT2D eigenvalue weighted by atomic mass is 32.1. The molecule has 0 aliphatic carbocycles. The molecular formula is C16H13FOS. The molecule has 0 N–H and O–H groups in total. The fourth-order valence-corrected chi connectivity index (χ4v) is 3.13. The Morgan fingerprint density at radius 1 is 1.11 bits per heavy atom. The number of ether oxygens (including phenoxy) is 1. The molecule has 1 heterocycles. The minimum Gasteiger partial charge on any atom is -0.493 e. The van der Waals surface area contributed by atoms with E-state index in [-0.39, 0.29) is 5.82 Å². The van der Waals surface area contributed by atoms with Crippen molar-refractivity contribution in [1.29, 1.82) is 0 Å². The van der Waals surface area contributed by atoms with Crippen LogP contribution in [0, 0.1) is 5.82 Å². The van der Waals surface area contributed by atoms with Gasteiger partial charge in [-0.05, 0) is 42.0 Å². The monoisotopic (exact) mass is 272 g/mol. The maximum absolute atomic E-state index is 13.5. The van der Waals surface area contributed by atoms with E-state index in [1.807, 2.05) is 24.4 Å². The van der Waals surface area contributed by atoms with Gasteiger partial charge in [0.1, 0.15) is 11.6 Å². The molecule has 0 fully saturated rings. The Balaban J connectivity index is 2.25. The molecule has 0 aliphatic rings. The molecule has 0 bridgehead atoms. The standard InChI is InChI=1S/C16H13FOS/c1-2-18-15-7-6-12(17)10-14(15)13-5-3-4-11-8-9-19-16(11)13/h3-10H,2H2,1H3. The molecule has 3 aromatic rings.